The van der Waals surface area contributed by atoms with Crippen LogP contribution in [0, 0.1) is 5.82 Å². The van der Waals surface area contributed by atoms with Gasteiger partial charge in [0.15, 0.2) is 0 Å². The first kappa shape index (κ1) is 13.7. The van der Waals surface area contributed by atoms with Crippen molar-refractivity contribution in [2.24, 2.45) is 0 Å². The van der Waals surface area contributed by atoms with Gasteiger partial charge in [-0.3, -0.25) is 4.79 Å². The van der Waals surface area contributed by atoms with Gasteiger partial charge in [0.2, 0.25) is 5.91 Å². The second-order valence-corrected chi connectivity index (χ2v) is 4.04. The van der Waals surface area contributed by atoms with Gasteiger partial charge in [0.25, 0.3) is 0 Å². The summed E-state index contributed by atoms with van der Waals surface area (Å²) in [6, 6.07) is 2.74. The van der Waals surface area contributed by atoms with E-state index in [1.807, 2.05) is 0 Å². The molecule has 20 heavy (non-hydrogen) atoms. The van der Waals surface area contributed by atoms with Crippen LogP contribution in [0.1, 0.15) is 23.3 Å². The fraction of sp³-hybridized carbons (Fsp3) is 0.167. The third kappa shape index (κ3) is 2.79. The normalized spacial score (nSPS) is 11.9. The highest BCUT2D eigenvalue weighted by Gasteiger charge is 2.17. The average Bonchev–Trinajstić information content (AvgIpc) is 2.91. The quantitative estimate of drug-likeness (QED) is 0.879. The van der Waals surface area contributed by atoms with Gasteiger partial charge in [-0.15, -0.1) is 0 Å². The van der Waals surface area contributed by atoms with Crippen LogP contribution in [-0.2, 0) is 4.79 Å². The number of carbonyl (C=O) groups excluding carboxylic acids is 1. The van der Waals surface area contributed by atoms with Crippen LogP contribution in [0.2, 0.25) is 0 Å². The van der Waals surface area contributed by atoms with Gasteiger partial charge < -0.3 is 10.4 Å². The number of rotatable bonds is 4. The summed E-state index contributed by atoms with van der Waals surface area (Å²) in [4.78, 5) is 26.3. The lowest BCUT2D eigenvalue weighted by molar-refractivity contribution is -0.119. The van der Waals surface area contributed by atoms with Crippen LogP contribution in [0.15, 0.2) is 30.9 Å². The van der Waals surface area contributed by atoms with Crippen LogP contribution >= 0.6 is 0 Å². The number of anilines is 1. The molecule has 2 aromatic rings. The first-order valence-electron chi connectivity index (χ1n) is 5.67. The zero-order valence-corrected chi connectivity index (χ0v) is 10.4. The van der Waals surface area contributed by atoms with Crippen molar-refractivity contribution in [1.82, 2.24) is 14.8 Å². The maximum atomic E-state index is 13.5. The summed E-state index contributed by atoms with van der Waals surface area (Å²) in [5, 5.41) is 15.0. The number of aromatic carboxylic acids is 1. The zero-order chi connectivity index (χ0) is 14.7. The molecule has 2 N–H and O–H groups in total. The van der Waals surface area contributed by atoms with Gasteiger partial charge in [-0.2, -0.15) is 5.10 Å². The van der Waals surface area contributed by atoms with Gasteiger partial charge in [-0.25, -0.2) is 18.9 Å². The third-order valence-electron chi connectivity index (χ3n) is 2.68. The number of hydrogen-bond acceptors (Lipinski definition) is 4. The number of benzene rings is 1. The van der Waals surface area contributed by atoms with Gasteiger partial charge in [0.05, 0.1) is 5.56 Å². The number of aromatic nitrogens is 3. The van der Waals surface area contributed by atoms with Crippen molar-refractivity contribution in [3.8, 4) is 0 Å². The molecule has 1 amide bonds. The molecule has 1 atom stereocenters. The fourth-order valence-corrected chi connectivity index (χ4v) is 1.55. The minimum atomic E-state index is -1.36. The molecule has 1 aromatic carbocycles. The standard InChI is InChI=1S/C12H11FN4O3/c1-7(17-6-14-5-15-17)11(18)16-8-2-3-9(12(19)20)10(13)4-8/h2-7H,1H3,(H,16,18)(H,19,20). The third-order valence-corrected chi connectivity index (χ3v) is 2.68. The van der Waals surface area contributed by atoms with Crippen LogP contribution in [-0.4, -0.2) is 31.7 Å². The molecule has 7 nitrogen and oxygen atoms in total. The van der Waals surface area contributed by atoms with Crippen LogP contribution in [0.25, 0.3) is 0 Å². The number of nitrogens with zero attached hydrogens (tertiary/aromatic N) is 3. The summed E-state index contributed by atoms with van der Waals surface area (Å²) in [6.07, 6.45) is 2.68. The molecule has 0 bridgehead atoms. The van der Waals surface area contributed by atoms with E-state index < -0.39 is 29.3 Å². The molecule has 0 aliphatic carbocycles. The first-order chi connectivity index (χ1) is 9.49. The van der Waals surface area contributed by atoms with E-state index in [0.717, 1.165) is 12.1 Å². The topological polar surface area (TPSA) is 97.1 Å². The molecule has 0 saturated carbocycles. The van der Waals surface area contributed by atoms with E-state index in [4.69, 9.17) is 5.11 Å². The number of carboxylic acids is 1. The minimum absolute atomic E-state index is 0.171. The highest BCUT2D eigenvalue weighted by Crippen LogP contribution is 2.16. The Kier molecular flexibility index (Phi) is 3.74. The Morgan fingerprint density at radius 3 is 2.75 bits per heavy atom. The smallest absolute Gasteiger partial charge is 0.338 e. The van der Waals surface area contributed by atoms with E-state index in [1.54, 1.807) is 6.92 Å². The molecular weight excluding hydrogens is 267 g/mol. The number of nitrogens with one attached hydrogen (secondary N) is 1. The highest BCUT2D eigenvalue weighted by atomic mass is 19.1. The SMILES string of the molecule is CC(C(=O)Nc1ccc(C(=O)O)c(F)c1)n1cncn1. The summed E-state index contributed by atoms with van der Waals surface area (Å²) >= 11 is 0. The summed E-state index contributed by atoms with van der Waals surface area (Å²) in [6.45, 7) is 1.60. The zero-order valence-electron chi connectivity index (χ0n) is 10.4. The Labute approximate surface area is 113 Å². The summed E-state index contributed by atoms with van der Waals surface area (Å²) in [7, 11) is 0. The number of carboxylic acid groups (broad SMARTS) is 1. The Hall–Kier alpha value is -2.77. The van der Waals surface area contributed by atoms with E-state index in [2.05, 4.69) is 15.4 Å². The van der Waals surface area contributed by atoms with Gasteiger partial charge in [-0.1, -0.05) is 0 Å². The molecule has 0 aliphatic rings. The second kappa shape index (κ2) is 5.47. The van der Waals surface area contributed by atoms with E-state index in [1.165, 1.54) is 23.4 Å². The lowest BCUT2D eigenvalue weighted by atomic mass is 10.2. The van der Waals surface area contributed by atoms with Crippen molar-refractivity contribution < 1.29 is 19.1 Å². The number of amides is 1. The van der Waals surface area contributed by atoms with Crippen molar-refractivity contribution >= 4 is 17.6 Å². The molecule has 0 radical (unpaired) electrons. The van der Waals surface area contributed by atoms with Crippen LogP contribution in [0.3, 0.4) is 0 Å². The van der Waals surface area contributed by atoms with Crippen molar-refractivity contribution in [3.63, 3.8) is 0 Å². The Balaban J connectivity index is 2.12. The first-order valence-corrected chi connectivity index (χ1v) is 5.67. The van der Waals surface area contributed by atoms with E-state index in [0.29, 0.717) is 0 Å². The maximum Gasteiger partial charge on any atom is 0.338 e. The summed E-state index contributed by atoms with van der Waals surface area (Å²) < 4.78 is 14.8. The van der Waals surface area contributed by atoms with Crippen molar-refractivity contribution in [2.75, 3.05) is 5.32 Å². The summed E-state index contributed by atoms with van der Waals surface area (Å²) in [5.74, 6) is -2.70. The molecule has 0 aliphatic heterocycles. The Morgan fingerprint density at radius 1 is 1.45 bits per heavy atom. The Bertz CT molecular complexity index is 642. The molecule has 1 aromatic heterocycles. The Morgan fingerprint density at radius 2 is 2.20 bits per heavy atom. The number of carbonyl (C=O) groups is 2. The maximum absolute atomic E-state index is 13.5. The molecule has 104 valence electrons. The van der Waals surface area contributed by atoms with E-state index in [9.17, 15) is 14.0 Å². The molecule has 0 spiro atoms. The number of halogens is 1. The van der Waals surface area contributed by atoms with E-state index in [-0.39, 0.29) is 5.69 Å². The fourth-order valence-electron chi connectivity index (χ4n) is 1.55. The predicted molar refractivity (Wildman–Crippen MR) is 66.7 cm³/mol. The van der Waals surface area contributed by atoms with Gasteiger partial charge >= 0.3 is 5.97 Å². The van der Waals surface area contributed by atoms with Crippen molar-refractivity contribution in [2.45, 2.75) is 13.0 Å². The monoisotopic (exact) mass is 278 g/mol. The summed E-state index contributed by atoms with van der Waals surface area (Å²) in [5.41, 5.74) is -0.281. The van der Waals surface area contributed by atoms with Gasteiger partial charge in [0.1, 0.15) is 24.5 Å². The van der Waals surface area contributed by atoms with Crippen LogP contribution < -0.4 is 5.32 Å². The highest BCUT2D eigenvalue weighted by molar-refractivity contribution is 5.94. The van der Waals surface area contributed by atoms with Crippen LogP contribution in [0.5, 0.6) is 0 Å². The molecule has 2 rings (SSSR count). The second-order valence-electron chi connectivity index (χ2n) is 4.04. The van der Waals surface area contributed by atoms with Crippen molar-refractivity contribution in [1.29, 1.82) is 0 Å². The van der Waals surface area contributed by atoms with Crippen molar-refractivity contribution in [3.05, 3.63) is 42.2 Å². The average molecular weight is 278 g/mol. The molecular formula is C12H11FN4O3. The molecule has 0 fully saturated rings. The molecule has 1 unspecified atom stereocenters. The van der Waals surface area contributed by atoms with Crippen LogP contribution in [0.4, 0.5) is 10.1 Å². The minimum Gasteiger partial charge on any atom is -0.478 e. The molecule has 8 heteroatoms. The number of hydrogen-bond donors (Lipinski definition) is 2. The van der Waals surface area contributed by atoms with Gasteiger partial charge in [-0.05, 0) is 25.1 Å². The largest absolute Gasteiger partial charge is 0.478 e. The van der Waals surface area contributed by atoms with E-state index >= 15 is 0 Å². The lowest BCUT2D eigenvalue weighted by Gasteiger charge is -2.12. The predicted octanol–water partition coefficient (Wildman–Crippen LogP) is 1.32. The molecule has 1 heterocycles. The van der Waals surface area contributed by atoms with Gasteiger partial charge in [0, 0.05) is 5.69 Å². The molecule has 0 saturated heterocycles. The lowest BCUT2D eigenvalue weighted by Crippen LogP contribution is -2.24.